The number of para-hydroxylation sites is 2. The third-order valence-corrected chi connectivity index (χ3v) is 7.66. The largest absolute Gasteiger partial charge is 0.480 e. The van der Waals surface area contributed by atoms with Crippen LogP contribution in [0.1, 0.15) is 24.0 Å². The topological polar surface area (TPSA) is 225 Å². The van der Waals surface area contributed by atoms with E-state index in [1.165, 1.54) is 0 Å². The number of fused-ring (bicyclic) bond motifs is 2. The maximum absolute atomic E-state index is 13.6. The van der Waals surface area contributed by atoms with Crippen molar-refractivity contribution in [3.8, 4) is 0 Å². The highest BCUT2D eigenvalue weighted by Crippen LogP contribution is 2.21. The van der Waals surface area contributed by atoms with Crippen molar-refractivity contribution in [1.29, 1.82) is 0 Å². The van der Waals surface area contributed by atoms with Crippen LogP contribution < -0.4 is 27.4 Å². The average molecular weight is 622 g/mol. The van der Waals surface area contributed by atoms with Crippen molar-refractivity contribution < 1.29 is 29.1 Å². The first kappa shape index (κ1) is 32.1. The first-order valence-electron chi connectivity index (χ1n) is 14.0. The number of amides is 4. The lowest BCUT2D eigenvalue weighted by molar-refractivity contribution is -0.142. The van der Waals surface area contributed by atoms with Crippen molar-refractivity contribution in [3.05, 3.63) is 72.1 Å². The number of carbonyl (C=O) groups excluding carboxylic acids is 4. The number of aromatic amines is 2. The van der Waals surface area contributed by atoms with Gasteiger partial charge in [-0.1, -0.05) is 36.4 Å². The molecule has 13 nitrogen and oxygen atoms in total. The van der Waals surface area contributed by atoms with Crippen LogP contribution in [-0.4, -0.2) is 74.6 Å². The minimum absolute atomic E-state index is 0.0681. The van der Waals surface area contributed by atoms with Crippen molar-refractivity contribution in [2.75, 3.05) is 5.75 Å². The minimum atomic E-state index is -1.40. The average Bonchev–Trinajstić information content (AvgIpc) is 3.61. The number of carboxylic acid groups (broad SMARTS) is 1. The van der Waals surface area contributed by atoms with E-state index >= 15 is 0 Å². The normalized spacial score (nSPS) is 14.0. The van der Waals surface area contributed by atoms with E-state index in [9.17, 15) is 29.1 Å². The zero-order valence-corrected chi connectivity index (χ0v) is 24.6. The molecule has 232 valence electrons. The Morgan fingerprint density at radius 2 is 1.25 bits per heavy atom. The summed E-state index contributed by atoms with van der Waals surface area (Å²) in [6.45, 7) is 0. The van der Waals surface area contributed by atoms with Gasteiger partial charge in [0.2, 0.25) is 23.6 Å². The number of thiol groups is 1. The van der Waals surface area contributed by atoms with Gasteiger partial charge in [0, 0.05) is 52.8 Å². The van der Waals surface area contributed by atoms with Gasteiger partial charge in [-0.25, -0.2) is 4.79 Å². The molecule has 4 aromatic rings. The number of carbonyl (C=O) groups is 5. The van der Waals surface area contributed by atoms with Gasteiger partial charge in [0.1, 0.15) is 18.1 Å². The van der Waals surface area contributed by atoms with Gasteiger partial charge < -0.3 is 42.5 Å². The van der Waals surface area contributed by atoms with Crippen molar-refractivity contribution >= 4 is 64.0 Å². The molecular formula is C30H35N7O6S. The summed E-state index contributed by atoms with van der Waals surface area (Å²) in [6, 6.07) is 10.3. The van der Waals surface area contributed by atoms with E-state index in [2.05, 4.69) is 38.5 Å². The highest BCUT2D eigenvalue weighted by molar-refractivity contribution is 7.80. The summed E-state index contributed by atoms with van der Waals surface area (Å²) in [5, 5.41) is 18.9. The first-order valence-corrected chi connectivity index (χ1v) is 14.6. The zero-order valence-electron chi connectivity index (χ0n) is 23.7. The van der Waals surface area contributed by atoms with E-state index in [0.29, 0.717) is 0 Å². The lowest BCUT2D eigenvalue weighted by Crippen LogP contribution is -2.58. The number of H-pyrrole nitrogens is 2. The standard InChI is InChI=1S/C30H35N7O6S/c31-20(11-16-13-33-21-7-3-1-5-18(16)21)27(39)36-24(12-17-14-34-22-8-4-2-6-19(17)22)28(40)37-25(15-44)29(41)35-23(30(42)43)9-10-26(32)38/h1-8,13-14,20,23-25,33-34,44H,9-12,15,31H2,(H2,32,38)(H,35,41)(H,36,39)(H,37,40)(H,42,43). The SMILES string of the molecule is NC(=O)CCC(NC(=O)C(CS)NC(=O)C(Cc1c[nH]c2ccccc12)NC(=O)C(N)Cc1c[nH]c2ccccc12)C(=O)O. The van der Waals surface area contributed by atoms with Crippen LogP contribution >= 0.6 is 12.6 Å². The van der Waals surface area contributed by atoms with Crippen LogP contribution in [0.15, 0.2) is 60.9 Å². The van der Waals surface area contributed by atoms with Crippen LogP contribution in [-0.2, 0) is 36.8 Å². The Balaban J connectivity index is 1.50. The minimum Gasteiger partial charge on any atom is -0.480 e. The van der Waals surface area contributed by atoms with Gasteiger partial charge in [-0.15, -0.1) is 0 Å². The molecule has 44 heavy (non-hydrogen) atoms. The molecule has 0 spiro atoms. The van der Waals surface area contributed by atoms with Crippen LogP contribution in [0.2, 0.25) is 0 Å². The summed E-state index contributed by atoms with van der Waals surface area (Å²) in [5.74, 6) is -4.34. The fraction of sp³-hybridized carbons (Fsp3) is 0.300. The van der Waals surface area contributed by atoms with Gasteiger partial charge in [0.15, 0.2) is 0 Å². The highest BCUT2D eigenvalue weighted by atomic mass is 32.1. The predicted molar refractivity (Wildman–Crippen MR) is 168 cm³/mol. The summed E-state index contributed by atoms with van der Waals surface area (Å²) in [7, 11) is 0. The number of benzene rings is 2. The Hall–Kier alpha value is -4.82. The third-order valence-electron chi connectivity index (χ3n) is 7.29. The molecule has 14 heteroatoms. The van der Waals surface area contributed by atoms with E-state index in [-0.39, 0.29) is 31.4 Å². The number of primary amides is 1. The lowest BCUT2D eigenvalue weighted by Gasteiger charge is -2.24. The Morgan fingerprint density at radius 1 is 0.750 bits per heavy atom. The summed E-state index contributed by atoms with van der Waals surface area (Å²) in [5.41, 5.74) is 14.7. The molecule has 0 fully saturated rings. The molecule has 0 bridgehead atoms. The van der Waals surface area contributed by atoms with Crippen LogP contribution in [0, 0.1) is 0 Å². The first-order chi connectivity index (χ1) is 21.1. The molecular weight excluding hydrogens is 586 g/mol. The van der Waals surface area contributed by atoms with Gasteiger partial charge in [-0.3, -0.25) is 19.2 Å². The van der Waals surface area contributed by atoms with Crippen molar-refractivity contribution in [2.24, 2.45) is 11.5 Å². The Kier molecular flexibility index (Phi) is 10.6. The number of nitrogens with two attached hydrogens (primary N) is 2. The highest BCUT2D eigenvalue weighted by Gasteiger charge is 2.30. The molecule has 0 saturated heterocycles. The molecule has 4 amide bonds. The smallest absolute Gasteiger partial charge is 0.326 e. The Morgan fingerprint density at radius 3 is 1.80 bits per heavy atom. The van der Waals surface area contributed by atoms with Crippen LogP contribution in [0.5, 0.6) is 0 Å². The maximum Gasteiger partial charge on any atom is 0.326 e. The van der Waals surface area contributed by atoms with Gasteiger partial charge >= 0.3 is 5.97 Å². The molecule has 2 aromatic heterocycles. The van der Waals surface area contributed by atoms with Gasteiger partial charge in [0.05, 0.1) is 6.04 Å². The quantitative estimate of drug-likeness (QED) is 0.0853. The summed E-state index contributed by atoms with van der Waals surface area (Å²) < 4.78 is 0. The second kappa shape index (κ2) is 14.6. The zero-order chi connectivity index (χ0) is 31.8. The summed E-state index contributed by atoms with van der Waals surface area (Å²) in [4.78, 5) is 68.9. The molecule has 2 heterocycles. The molecule has 4 unspecified atom stereocenters. The lowest BCUT2D eigenvalue weighted by atomic mass is 10.0. The van der Waals surface area contributed by atoms with Crippen molar-refractivity contribution in [2.45, 2.75) is 49.9 Å². The van der Waals surface area contributed by atoms with Gasteiger partial charge in [-0.05, 0) is 36.1 Å². The maximum atomic E-state index is 13.6. The molecule has 0 radical (unpaired) electrons. The number of hydrogen-bond acceptors (Lipinski definition) is 7. The molecule has 0 aliphatic rings. The number of carboxylic acids is 1. The second-order valence-corrected chi connectivity index (χ2v) is 10.8. The molecule has 0 aliphatic carbocycles. The molecule has 2 aromatic carbocycles. The molecule has 4 atom stereocenters. The molecule has 0 saturated carbocycles. The van der Waals surface area contributed by atoms with Gasteiger partial charge in [0.25, 0.3) is 0 Å². The van der Waals surface area contributed by atoms with Crippen LogP contribution in [0.4, 0.5) is 0 Å². The number of hydrogen-bond donors (Lipinski definition) is 9. The number of aliphatic carboxylic acids is 1. The molecule has 0 aliphatic heterocycles. The van der Waals surface area contributed by atoms with Crippen LogP contribution in [0.3, 0.4) is 0 Å². The Bertz CT molecular complexity index is 1670. The van der Waals surface area contributed by atoms with Crippen molar-refractivity contribution in [1.82, 2.24) is 25.9 Å². The van der Waals surface area contributed by atoms with E-state index in [1.807, 2.05) is 48.5 Å². The third kappa shape index (κ3) is 7.96. The number of rotatable bonds is 15. The van der Waals surface area contributed by atoms with E-state index in [4.69, 9.17) is 11.5 Å². The van der Waals surface area contributed by atoms with E-state index < -0.39 is 53.8 Å². The molecule has 4 rings (SSSR count). The Labute approximate surface area is 257 Å². The van der Waals surface area contributed by atoms with Gasteiger partial charge in [-0.2, -0.15) is 12.6 Å². The monoisotopic (exact) mass is 621 g/mol. The fourth-order valence-corrected chi connectivity index (χ4v) is 5.18. The van der Waals surface area contributed by atoms with E-state index in [0.717, 1.165) is 32.9 Å². The second-order valence-electron chi connectivity index (χ2n) is 10.4. The predicted octanol–water partition coefficient (Wildman–Crippen LogP) is 0.496. The van der Waals surface area contributed by atoms with Crippen LogP contribution in [0.25, 0.3) is 21.8 Å². The van der Waals surface area contributed by atoms with Crippen molar-refractivity contribution in [3.63, 3.8) is 0 Å². The number of aromatic nitrogens is 2. The molecule has 10 N–H and O–H groups in total. The van der Waals surface area contributed by atoms with E-state index in [1.54, 1.807) is 12.4 Å². The fourth-order valence-electron chi connectivity index (χ4n) is 4.92. The summed E-state index contributed by atoms with van der Waals surface area (Å²) in [6.07, 6.45) is 3.32. The summed E-state index contributed by atoms with van der Waals surface area (Å²) >= 11 is 4.16. The number of nitrogens with one attached hydrogen (secondary N) is 5.